The minimum atomic E-state index is -0.764. The summed E-state index contributed by atoms with van der Waals surface area (Å²) in [6.07, 6.45) is -1.53. The summed E-state index contributed by atoms with van der Waals surface area (Å²) in [5.74, 6) is 1.02. The standard InChI is InChI=1S/C40H38O8/c1-27(2)39(41)47-31(23-43-35-21-11-15-29-13-5-7-17-33(29)35)25-45-37-19-9-10-20-38(37)46-26-32(48-40(42)28(3)4)24-44-36-22-12-16-30-14-6-8-18-34(30)36/h5-22,31-32H,1,3,23-26H2,2,4H3. The van der Waals surface area contributed by atoms with E-state index < -0.39 is 24.1 Å². The van der Waals surface area contributed by atoms with Crippen LogP contribution in [0, 0.1) is 0 Å². The first-order valence-corrected chi connectivity index (χ1v) is 15.6. The van der Waals surface area contributed by atoms with E-state index in [1.54, 1.807) is 38.1 Å². The van der Waals surface area contributed by atoms with Crippen molar-refractivity contribution < 1.29 is 38.0 Å². The second kappa shape index (κ2) is 16.2. The third-order valence-electron chi connectivity index (χ3n) is 7.29. The molecule has 5 aromatic carbocycles. The summed E-state index contributed by atoms with van der Waals surface area (Å²) in [5, 5.41) is 3.94. The van der Waals surface area contributed by atoms with Gasteiger partial charge < -0.3 is 28.4 Å². The van der Waals surface area contributed by atoms with E-state index in [4.69, 9.17) is 28.4 Å². The zero-order chi connectivity index (χ0) is 33.9. The van der Waals surface area contributed by atoms with Gasteiger partial charge >= 0.3 is 11.9 Å². The Morgan fingerprint density at radius 2 is 0.792 bits per heavy atom. The van der Waals surface area contributed by atoms with Gasteiger partial charge in [-0.1, -0.05) is 98.1 Å². The lowest BCUT2D eigenvalue weighted by atomic mass is 10.1. The highest BCUT2D eigenvalue weighted by Crippen LogP contribution is 2.29. The maximum Gasteiger partial charge on any atom is 0.333 e. The predicted octanol–water partition coefficient (Wildman–Crippen LogP) is 7.88. The quantitative estimate of drug-likeness (QED) is 0.0790. The number of fused-ring (bicyclic) bond motifs is 2. The van der Waals surface area contributed by atoms with E-state index in [9.17, 15) is 9.59 Å². The third-order valence-corrected chi connectivity index (χ3v) is 7.29. The van der Waals surface area contributed by atoms with Crippen LogP contribution in [0.2, 0.25) is 0 Å². The number of carbonyl (C=O) groups excluding carboxylic acids is 2. The van der Waals surface area contributed by atoms with Crippen molar-refractivity contribution in [3.63, 3.8) is 0 Å². The van der Waals surface area contributed by atoms with E-state index in [0.29, 0.717) is 23.0 Å². The summed E-state index contributed by atoms with van der Waals surface area (Å²) in [7, 11) is 0. The molecule has 246 valence electrons. The second-order valence-electron chi connectivity index (χ2n) is 11.3. The number of esters is 2. The topological polar surface area (TPSA) is 89.5 Å². The molecule has 48 heavy (non-hydrogen) atoms. The first-order valence-electron chi connectivity index (χ1n) is 15.6. The van der Waals surface area contributed by atoms with Crippen LogP contribution in [-0.2, 0) is 19.1 Å². The smallest absolute Gasteiger partial charge is 0.333 e. The molecule has 0 N–H and O–H groups in total. The Bertz CT molecular complexity index is 1760. The van der Waals surface area contributed by atoms with Crippen LogP contribution in [0.1, 0.15) is 13.8 Å². The average molecular weight is 647 g/mol. The molecular weight excluding hydrogens is 608 g/mol. The molecule has 0 bridgehead atoms. The molecule has 2 unspecified atom stereocenters. The lowest BCUT2D eigenvalue weighted by Crippen LogP contribution is -2.32. The Morgan fingerprint density at radius 1 is 0.479 bits per heavy atom. The molecule has 2 atom stereocenters. The van der Waals surface area contributed by atoms with Gasteiger partial charge in [0.1, 0.15) is 37.9 Å². The predicted molar refractivity (Wildman–Crippen MR) is 186 cm³/mol. The molecule has 0 radical (unpaired) electrons. The highest BCUT2D eigenvalue weighted by Gasteiger charge is 2.21. The number of benzene rings is 5. The first kappa shape index (κ1) is 33.6. The molecule has 0 heterocycles. The summed E-state index contributed by atoms with van der Waals surface area (Å²) >= 11 is 0. The van der Waals surface area contributed by atoms with Gasteiger partial charge in [0.25, 0.3) is 0 Å². The van der Waals surface area contributed by atoms with Crippen molar-refractivity contribution in [2.24, 2.45) is 0 Å². The number of hydrogen-bond acceptors (Lipinski definition) is 8. The van der Waals surface area contributed by atoms with E-state index in [-0.39, 0.29) is 37.6 Å². The molecule has 0 amide bonds. The van der Waals surface area contributed by atoms with E-state index in [1.807, 2.05) is 84.9 Å². The fourth-order valence-electron chi connectivity index (χ4n) is 4.80. The van der Waals surface area contributed by atoms with Crippen LogP contribution in [0.5, 0.6) is 23.0 Å². The summed E-state index contributed by atoms with van der Waals surface area (Å²) < 4.78 is 35.8. The van der Waals surface area contributed by atoms with Crippen LogP contribution >= 0.6 is 0 Å². The van der Waals surface area contributed by atoms with Crippen molar-refractivity contribution >= 4 is 33.5 Å². The summed E-state index contributed by atoms with van der Waals surface area (Å²) in [6.45, 7) is 10.6. The minimum absolute atomic E-state index is 0.0254. The molecule has 0 saturated heterocycles. The van der Waals surface area contributed by atoms with Crippen LogP contribution < -0.4 is 18.9 Å². The van der Waals surface area contributed by atoms with Crippen molar-refractivity contribution in [3.8, 4) is 23.0 Å². The van der Waals surface area contributed by atoms with Gasteiger partial charge in [0.15, 0.2) is 23.7 Å². The zero-order valence-corrected chi connectivity index (χ0v) is 27.1. The van der Waals surface area contributed by atoms with Gasteiger partial charge in [-0.25, -0.2) is 9.59 Å². The summed E-state index contributed by atoms with van der Waals surface area (Å²) in [5.41, 5.74) is 0.518. The minimum Gasteiger partial charge on any atom is -0.489 e. The van der Waals surface area contributed by atoms with Crippen LogP contribution in [-0.4, -0.2) is 50.6 Å². The summed E-state index contributed by atoms with van der Waals surface area (Å²) in [4.78, 5) is 25.0. The first-order chi connectivity index (χ1) is 23.3. The highest BCUT2D eigenvalue weighted by atomic mass is 16.6. The Hall–Kier alpha value is -5.76. The molecule has 0 spiro atoms. The largest absolute Gasteiger partial charge is 0.489 e. The van der Waals surface area contributed by atoms with Gasteiger partial charge in [-0.05, 0) is 48.9 Å². The van der Waals surface area contributed by atoms with Gasteiger partial charge in [0.2, 0.25) is 0 Å². The molecule has 0 aliphatic heterocycles. The lowest BCUT2D eigenvalue weighted by Gasteiger charge is -2.22. The molecular formula is C40H38O8. The fourth-order valence-corrected chi connectivity index (χ4v) is 4.80. The fraction of sp³-hybridized carbons (Fsp3) is 0.200. The number of hydrogen-bond donors (Lipinski definition) is 0. The maximum atomic E-state index is 12.5. The Balaban J connectivity index is 1.26. The number of carbonyl (C=O) groups is 2. The molecule has 0 saturated carbocycles. The molecule has 5 aromatic rings. The van der Waals surface area contributed by atoms with Gasteiger partial charge in [0, 0.05) is 21.9 Å². The molecule has 8 nitrogen and oxygen atoms in total. The number of rotatable bonds is 16. The van der Waals surface area contributed by atoms with E-state index in [1.165, 1.54) is 0 Å². The number of ether oxygens (including phenoxy) is 6. The summed E-state index contributed by atoms with van der Waals surface area (Å²) in [6, 6.07) is 34.4. The van der Waals surface area contributed by atoms with E-state index in [0.717, 1.165) is 21.5 Å². The van der Waals surface area contributed by atoms with E-state index in [2.05, 4.69) is 13.2 Å². The molecule has 5 rings (SSSR count). The van der Waals surface area contributed by atoms with Crippen molar-refractivity contribution in [1.29, 1.82) is 0 Å². The Labute approximate surface area is 280 Å². The Kier molecular flexibility index (Phi) is 11.3. The average Bonchev–Trinajstić information content (AvgIpc) is 3.10. The van der Waals surface area contributed by atoms with E-state index >= 15 is 0 Å². The van der Waals surface area contributed by atoms with Crippen LogP contribution in [0.25, 0.3) is 21.5 Å². The number of para-hydroxylation sites is 2. The van der Waals surface area contributed by atoms with Crippen molar-refractivity contribution in [3.05, 3.63) is 133 Å². The van der Waals surface area contributed by atoms with Crippen molar-refractivity contribution in [2.45, 2.75) is 26.1 Å². The van der Waals surface area contributed by atoms with Gasteiger partial charge in [-0.3, -0.25) is 0 Å². The normalized spacial score (nSPS) is 12.0. The monoisotopic (exact) mass is 646 g/mol. The maximum absolute atomic E-state index is 12.5. The SMILES string of the molecule is C=C(C)C(=O)OC(COc1ccccc1OCC(COc1cccc2ccccc12)OC(=O)C(=C)C)COc1cccc2ccccc12. The van der Waals surface area contributed by atoms with Crippen LogP contribution in [0.4, 0.5) is 0 Å². The molecule has 0 fully saturated rings. The molecule has 0 aromatic heterocycles. The van der Waals surface area contributed by atoms with Gasteiger partial charge in [-0.15, -0.1) is 0 Å². The Morgan fingerprint density at radius 3 is 1.19 bits per heavy atom. The zero-order valence-electron chi connectivity index (χ0n) is 27.1. The van der Waals surface area contributed by atoms with Crippen molar-refractivity contribution in [1.82, 2.24) is 0 Å². The van der Waals surface area contributed by atoms with Crippen LogP contribution in [0.3, 0.4) is 0 Å². The molecule has 0 aliphatic carbocycles. The highest BCUT2D eigenvalue weighted by molar-refractivity contribution is 5.89. The van der Waals surface area contributed by atoms with Crippen LogP contribution in [0.15, 0.2) is 133 Å². The lowest BCUT2D eigenvalue weighted by molar-refractivity contribution is -0.148. The second-order valence-corrected chi connectivity index (χ2v) is 11.3. The van der Waals surface area contributed by atoms with Crippen molar-refractivity contribution in [2.75, 3.05) is 26.4 Å². The molecule has 8 heteroatoms. The van der Waals surface area contributed by atoms with Gasteiger partial charge in [0.05, 0.1) is 0 Å². The third kappa shape index (κ3) is 8.94. The molecule has 0 aliphatic rings. The van der Waals surface area contributed by atoms with Gasteiger partial charge in [-0.2, -0.15) is 0 Å².